The Balaban J connectivity index is 1.78. The van der Waals surface area contributed by atoms with Gasteiger partial charge in [-0.25, -0.2) is 0 Å². The van der Waals surface area contributed by atoms with Gasteiger partial charge < -0.3 is 4.18 Å². The summed E-state index contributed by atoms with van der Waals surface area (Å²) in [5.74, 6) is 0.216. The lowest BCUT2D eigenvalue weighted by molar-refractivity contribution is 0.486. The number of halogens is 1. The average Bonchev–Trinajstić information content (AvgIpc) is 2.61. The smallest absolute Gasteiger partial charge is 0.339 e. The van der Waals surface area contributed by atoms with Crippen molar-refractivity contribution in [2.24, 2.45) is 4.99 Å². The second-order valence-electron chi connectivity index (χ2n) is 5.66. The van der Waals surface area contributed by atoms with Gasteiger partial charge in [0.1, 0.15) is 10.6 Å². The molecule has 3 rings (SSSR count). The molecule has 0 N–H and O–H groups in total. The number of aryl methyl sites for hydroxylation is 1. The van der Waals surface area contributed by atoms with Crippen LogP contribution in [0.15, 0.2) is 82.7 Å². The average molecular weight is 386 g/mol. The molecule has 0 bridgehead atoms. The van der Waals surface area contributed by atoms with Gasteiger partial charge >= 0.3 is 10.1 Å². The molecule has 0 aliphatic carbocycles. The molecular formula is C20H16ClNO3S. The molecule has 0 aliphatic heterocycles. The summed E-state index contributed by atoms with van der Waals surface area (Å²) in [6.45, 7) is 2.01. The van der Waals surface area contributed by atoms with Gasteiger partial charge in [0.15, 0.2) is 0 Å². The zero-order valence-corrected chi connectivity index (χ0v) is 15.5. The number of rotatable bonds is 5. The predicted octanol–water partition coefficient (Wildman–Crippen LogP) is 5.17. The van der Waals surface area contributed by atoms with Crippen LogP contribution in [0.25, 0.3) is 0 Å². The molecule has 0 spiro atoms. The Hall–Kier alpha value is -2.63. The molecule has 3 aromatic carbocycles. The van der Waals surface area contributed by atoms with Crippen molar-refractivity contribution in [3.05, 3.63) is 88.9 Å². The highest BCUT2D eigenvalue weighted by Crippen LogP contribution is 2.21. The Morgan fingerprint density at radius 2 is 1.65 bits per heavy atom. The van der Waals surface area contributed by atoms with Crippen molar-refractivity contribution in [2.75, 3.05) is 0 Å². The van der Waals surface area contributed by atoms with E-state index >= 15 is 0 Å². The fourth-order valence-electron chi connectivity index (χ4n) is 2.20. The van der Waals surface area contributed by atoms with Crippen molar-refractivity contribution >= 4 is 33.6 Å². The van der Waals surface area contributed by atoms with E-state index in [0.29, 0.717) is 5.02 Å². The molecule has 0 fully saturated rings. The van der Waals surface area contributed by atoms with Gasteiger partial charge in [-0.15, -0.1) is 0 Å². The summed E-state index contributed by atoms with van der Waals surface area (Å²) in [5, 5.41) is 0.457. The van der Waals surface area contributed by atoms with Crippen LogP contribution < -0.4 is 4.18 Å². The minimum absolute atomic E-state index is 0.0422. The van der Waals surface area contributed by atoms with E-state index < -0.39 is 10.1 Å². The summed E-state index contributed by atoms with van der Waals surface area (Å²) in [6.07, 6.45) is 1.66. The van der Waals surface area contributed by atoms with Crippen molar-refractivity contribution in [1.29, 1.82) is 0 Å². The molecule has 0 aliphatic rings. The van der Waals surface area contributed by atoms with E-state index in [1.165, 1.54) is 24.3 Å². The molecule has 3 aromatic rings. The Morgan fingerprint density at radius 3 is 2.35 bits per heavy atom. The van der Waals surface area contributed by atoms with Gasteiger partial charge in [-0.2, -0.15) is 8.42 Å². The fourth-order valence-corrected chi connectivity index (χ4v) is 3.25. The van der Waals surface area contributed by atoms with Crippen LogP contribution in [0.5, 0.6) is 5.75 Å². The van der Waals surface area contributed by atoms with Crippen LogP contribution in [-0.2, 0) is 10.1 Å². The quantitative estimate of drug-likeness (QED) is 0.450. The van der Waals surface area contributed by atoms with Crippen LogP contribution in [0.4, 0.5) is 5.69 Å². The third kappa shape index (κ3) is 4.71. The van der Waals surface area contributed by atoms with E-state index in [-0.39, 0.29) is 10.6 Å². The Bertz CT molecular complexity index is 1030. The second-order valence-corrected chi connectivity index (χ2v) is 7.64. The van der Waals surface area contributed by atoms with Gasteiger partial charge in [-0.1, -0.05) is 41.4 Å². The van der Waals surface area contributed by atoms with Crippen LogP contribution in [0.1, 0.15) is 11.1 Å². The third-order valence-electron chi connectivity index (χ3n) is 3.56. The topological polar surface area (TPSA) is 55.7 Å². The highest BCUT2D eigenvalue weighted by molar-refractivity contribution is 7.87. The normalized spacial score (nSPS) is 11.6. The molecule has 4 nitrogen and oxygen atoms in total. The van der Waals surface area contributed by atoms with Gasteiger partial charge in [0, 0.05) is 11.2 Å². The molecule has 0 heterocycles. The van der Waals surface area contributed by atoms with Crippen LogP contribution in [0.2, 0.25) is 5.02 Å². The summed E-state index contributed by atoms with van der Waals surface area (Å²) >= 11 is 5.79. The fraction of sp³-hybridized carbons (Fsp3) is 0.0500. The molecule has 0 aromatic heterocycles. The van der Waals surface area contributed by atoms with E-state index in [4.69, 9.17) is 15.8 Å². The molecule has 26 heavy (non-hydrogen) atoms. The van der Waals surface area contributed by atoms with E-state index in [2.05, 4.69) is 4.99 Å². The Kier molecular flexibility index (Phi) is 5.40. The molecule has 0 amide bonds. The van der Waals surface area contributed by atoms with Crippen molar-refractivity contribution in [2.45, 2.75) is 11.8 Å². The zero-order chi connectivity index (χ0) is 18.6. The van der Waals surface area contributed by atoms with E-state index in [1.54, 1.807) is 24.4 Å². The SMILES string of the molecule is Cc1ccc(N=Cc2cccc(OS(=O)(=O)c3ccc(Cl)cc3)c2)cc1. The molecule has 0 atom stereocenters. The molecule has 0 unspecified atom stereocenters. The number of hydrogen-bond donors (Lipinski definition) is 0. The Labute approximate surface area is 157 Å². The first-order valence-corrected chi connectivity index (χ1v) is 9.62. The maximum absolute atomic E-state index is 12.3. The molecular weight excluding hydrogens is 370 g/mol. The van der Waals surface area contributed by atoms with E-state index in [9.17, 15) is 8.42 Å². The standard InChI is InChI=1S/C20H16ClNO3S/c1-15-5-9-18(10-6-15)22-14-16-3-2-4-19(13-16)25-26(23,24)20-11-7-17(21)8-12-20/h2-14H,1H3. The lowest BCUT2D eigenvalue weighted by Crippen LogP contribution is -2.09. The first kappa shape index (κ1) is 18.2. The second kappa shape index (κ2) is 7.72. The summed E-state index contributed by atoms with van der Waals surface area (Å²) in [4.78, 5) is 4.42. The van der Waals surface area contributed by atoms with E-state index in [0.717, 1.165) is 16.8 Å². The van der Waals surface area contributed by atoms with Gasteiger partial charge in [0.2, 0.25) is 0 Å². The Morgan fingerprint density at radius 1 is 0.962 bits per heavy atom. The van der Waals surface area contributed by atoms with Crippen molar-refractivity contribution in [3.8, 4) is 5.75 Å². The summed E-state index contributed by atoms with van der Waals surface area (Å²) in [5.41, 5.74) is 2.71. The maximum atomic E-state index is 12.3. The van der Waals surface area contributed by atoms with Crippen molar-refractivity contribution in [3.63, 3.8) is 0 Å². The molecule has 0 saturated carbocycles. The molecule has 0 saturated heterocycles. The van der Waals surface area contributed by atoms with Gasteiger partial charge in [0.05, 0.1) is 5.69 Å². The van der Waals surface area contributed by atoms with Gasteiger partial charge in [-0.3, -0.25) is 4.99 Å². The van der Waals surface area contributed by atoms with Gasteiger partial charge in [0.25, 0.3) is 0 Å². The first-order chi connectivity index (χ1) is 12.4. The summed E-state index contributed by atoms with van der Waals surface area (Å²) in [6, 6.07) is 20.3. The van der Waals surface area contributed by atoms with Crippen LogP contribution >= 0.6 is 11.6 Å². The zero-order valence-electron chi connectivity index (χ0n) is 14.0. The number of benzene rings is 3. The van der Waals surface area contributed by atoms with Crippen LogP contribution in [-0.4, -0.2) is 14.6 Å². The number of nitrogens with zero attached hydrogens (tertiary/aromatic N) is 1. The lowest BCUT2D eigenvalue weighted by Gasteiger charge is -2.07. The summed E-state index contributed by atoms with van der Waals surface area (Å²) < 4.78 is 29.9. The molecule has 6 heteroatoms. The van der Waals surface area contributed by atoms with Crippen LogP contribution in [0, 0.1) is 6.92 Å². The molecule has 132 valence electrons. The van der Waals surface area contributed by atoms with E-state index in [1.807, 2.05) is 37.3 Å². The maximum Gasteiger partial charge on any atom is 0.339 e. The van der Waals surface area contributed by atoms with Crippen molar-refractivity contribution in [1.82, 2.24) is 0 Å². The minimum atomic E-state index is -3.92. The highest BCUT2D eigenvalue weighted by atomic mass is 35.5. The van der Waals surface area contributed by atoms with Gasteiger partial charge in [-0.05, 0) is 61.0 Å². The largest absolute Gasteiger partial charge is 0.379 e. The predicted molar refractivity (Wildman–Crippen MR) is 104 cm³/mol. The lowest BCUT2D eigenvalue weighted by atomic mass is 10.2. The number of aliphatic imine (C=N–C) groups is 1. The number of hydrogen-bond acceptors (Lipinski definition) is 4. The van der Waals surface area contributed by atoms with Crippen molar-refractivity contribution < 1.29 is 12.6 Å². The minimum Gasteiger partial charge on any atom is -0.379 e. The highest BCUT2D eigenvalue weighted by Gasteiger charge is 2.16. The monoisotopic (exact) mass is 385 g/mol. The third-order valence-corrected chi connectivity index (χ3v) is 5.08. The first-order valence-electron chi connectivity index (χ1n) is 7.83. The summed E-state index contributed by atoms with van der Waals surface area (Å²) in [7, 11) is -3.92. The molecule has 0 radical (unpaired) electrons. The van der Waals surface area contributed by atoms with Crippen LogP contribution in [0.3, 0.4) is 0 Å².